The molecule has 0 aliphatic carbocycles. The van der Waals surface area contributed by atoms with E-state index in [4.69, 9.17) is 11.6 Å². The Balaban J connectivity index is 0.000000561. The Morgan fingerprint density at radius 2 is 2.17 bits per heavy atom. The molecule has 0 bridgehead atoms. The molecule has 6 N–H and O–H groups in total. The van der Waals surface area contributed by atoms with Gasteiger partial charge in [0.25, 0.3) is 0 Å². The maximum absolute atomic E-state index is 5.55. The van der Waals surface area contributed by atoms with Crippen LogP contribution in [0.15, 0.2) is 0 Å². The first-order chi connectivity index (χ1) is 5.88. The van der Waals surface area contributed by atoms with Gasteiger partial charge in [0.05, 0.1) is 0 Å². The third-order valence-corrected chi connectivity index (χ3v) is 2.13. The molecule has 1 rings (SSSR count). The van der Waals surface area contributed by atoms with Gasteiger partial charge in [0, 0.05) is 12.6 Å². The summed E-state index contributed by atoms with van der Waals surface area (Å²) in [4.78, 5) is 0. The van der Waals surface area contributed by atoms with Crippen molar-refractivity contribution in [2.45, 2.75) is 26.3 Å². The lowest BCUT2D eigenvalue weighted by Gasteiger charge is -2.16. The molecule has 0 aromatic carbocycles. The summed E-state index contributed by atoms with van der Waals surface area (Å²) in [6.45, 7) is 6.66. The summed E-state index contributed by atoms with van der Waals surface area (Å²) in [6.07, 6.45) is 1.18. The fourth-order valence-corrected chi connectivity index (χ4v) is 1.47. The zero-order chi connectivity index (χ0) is 9.40. The van der Waals surface area contributed by atoms with Crippen molar-refractivity contribution in [3.8, 4) is 0 Å². The molecule has 0 aromatic heterocycles. The van der Waals surface area contributed by atoms with Crippen LogP contribution in [0.1, 0.15) is 20.3 Å². The van der Waals surface area contributed by atoms with E-state index >= 15 is 0 Å². The minimum atomic E-state index is 0.481. The summed E-state index contributed by atoms with van der Waals surface area (Å²) in [5.41, 5.74) is 8.20. The Kier molecular flexibility index (Phi) is 7.39. The van der Waals surface area contributed by atoms with Gasteiger partial charge < -0.3 is 11.1 Å². The van der Waals surface area contributed by atoms with Gasteiger partial charge in [-0.3, -0.25) is 11.3 Å². The third-order valence-electron chi connectivity index (χ3n) is 2.13. The first kappa shape index (κ1) is 11.8. The maximum Gasteiger partial charge on any atom is 0.0255 e. The van der Waals surface area contributed by atoms with Gasteiger partial charge in [0.15, 0.2) is 0 Å². The highest BCUT2D eigenvalue weighted by atomic mass is 15.2. The molecule has 1 fully saturated rings. The SMILES string of the molecule is CC.NCC1CCNC1CNN. The molecule has 12 heavy (non-hydrogen) atoms. The van der Waals surface area contributed by atoms with Crippen molar-refractivity contribution < 1.29 is 0 Å². The zero-order valence-corrected chi connectivity index (χ0v) is 8.14. The molecule has 0 aromatic rings. The van der Waals surface area contributed by atoms with Crippen molar-refractivity contribution in [2.24, 2.45) is 17.5 Å². The first-order valence-corrected chi connectivity index (χ1v) is 4.75. The van der Waals surface area contributed by atoms with Crippen LogP contribution in [-0.2, 0) is 0 Å². The van der Waals surface area contributed by atoms with Gasteiger partial charge >= 0.3 is 0 Å². The van der Waals surface area contributed by atoms with Crippen LogP contribution >= 0.6 is 0 Å². The number of hydrogen-bond donors (Lipinski definition) is 4. The van der Waals surface area contributed by atoms with Gasteiger partial charge in [-0.05, 0) is 25.4 Å². The predicted molar refractivity (Wildman–Crippen MR) is 52.5 cm³/mol. The quantitative estimate of drug-likeness (QED) is 0.341. The Labute approximate surface area is 75.0 Å². The average molecular weight is 174 g/mol. The van der Waals surface area contributed by atoms with E-state index in [1.165, 1.54) is 6.42 Å². The van der Waals surface area contributed by atoms with Crippen LogP contribution in [0.5, 0.6) is 0 Å². The standard InChI is InChI=1S/C6H16N4.C2H6/c7-3-5-1-2-9-6(5)4-10-8;1-2/h5-6,9-10H,1-4,7-8H2;1-2H3. The van der Waals surface area contributed by atoms with E-state index in [1.54, 1.807) is 0 Å². The van der Waals surface area contributed by atoms with E-state index in [1.807, 2.05) is 13.8 Å². The van der Waals surface area contributed by atoms with Gasteiger partial charge in [0.2, 0.25) is 0 Å². The second kappa shape index (κ2) is 7.49. The molecule has 2 atom stereocenters. The largest absolute Gasteiger partial charge is 0.330 e. The van der Waals surface area contributed by atoms with Crippen molar-refractivity contribution in [3.05, 3.63) is 0 Å². The van der Waals surface area contributed by atoms with E-state index in [-0.39, 0.29) is 0 Å². The molecule has 1 saturated heterocycles. The van der Waals surface area contributed by atoms with Crippen LogP contribution < -0.4 is 22.3 Å². The molecule has 0 spiro atoms. The van der Waals surface area contributed by atoms with Crippen LogP contribution in [-0.4, -0.2) is 25.7 Å². The number of rotatable bonds is 3. The van der Waals surface area contributed by atoms with Crippen molar-refractivity contribution in [2.75, 3.05) is 19.6 Å². The number of nitrogens with one attached hydrogen (secondary N) is 2. The lowest BCUT2D eigenvalue weighted by molar-refractivity contribution is 0.433. The molecule has 0 amide bonds. The third kappa shape index (κ3) is 3.49. The van der Waals surface area contributed by atoms with E-state index in [0.29, 0.717) is 12.0 Å². The van der Waals surface area contributed by atoms with Crippen molar-refractivity contribution in [1.82, 2.24) is 10.7 Å². The van der Waals surface area contributed by atoms with Gasteiger partial charge in [-0.15, -0.1) is 0 Å². The van der Waals surface area contributed by atoms with Crippen LogP contribution in [0.3, 0.4) is 0 Å². The second-order valence-electron chi connectivity index (χ2n) is 2.75. The number of nitrogens with two attached hydrogens (primary N) is 2. The smallest absolute Gasteiger partial charge is 0.0255 e. The van der Waals surface area contributed by atoms with E-state index in [2.05, 4.69) is 10.7 Å². The normalized spacial score (nSPS) is 28.0. The molecule has 0 radical (unpaired) electrons. The monoisotopic (exact) mass is 174 g/mol. The summed E-state index contributed by atoms with van der Waals surface area (Å²) in [5.74, 6) is 5.80. The lowest BCUT2D eigenvalue weighted by Crippen LogP contribution is -2.42. The fourth-order valence-electron chi connectivity index (χ4n) is 1.47. The maximum atomic E-state index is 5.55. The lowest BCUT2D eigenvalue weighted by atomic mass is 10.0. The molecule has 0 saturated carbocycles. The summed E-state index contributed by atoms with van der Waals surface area (Å²) < 4.78 is 0. The highest BCUT2D eigenvalue weighted by Crippen LogP contribution is 2.12. The van der Waals surface area contributed by atoms with Crippen molar-refractivity contribution >= 4 is 0 Å². The van der Waals surface area contributed by atoms with Gasteiger partial charge in [0.1, 0.15) is 0 Å². The molecule has 4 nitrogen and oxygen atoms in total. The Morgan fingerprint density at radius 1 is 1.50 bits per heavy atom. The van der Waals surface area contributed by atoms with Crippen LogP contribution in [0.25, 0.3) is 0 Å². The summed E-state index contributed by atoms with van der Waals surface area (Å²) in [6, 6.07) is 0.481. The van der Waals surface area contributed by atoms with E-state index < -0.39 is 0 Å². The second-order valence-corrected chi connectivity index (χ2v) is 2.75. The van der Waals surface area contributed by atoms with Gasteiger partial charge in [-0.25, -0.2) is 0 Å². The highest BCUT2D eigenvalue weighted by molar-refractivity contribution is 4.84. The summed E-state index contributed by atoms with van der Waals surface area (Å²) >= 11 is 0. The topological polar surface area (TPSA) is 76.1 Å². The van der Waals surface area contributed by atoms with E-state index in [0.717, 1.165) is 19.6 Å². The van der Waals surface area contributed by atoms with Crippen LogP contribution in [0.4, 0.5) is 0 Å². The molecule has 1 aliphatic rings. The van der Waals surface area contributed by atoms with Crippen molar-refractivity contribution in [3.63, 3.8) is 0 Å². The minimum absolute atomic E-state index is 0.481. The molecule has 74 valence electrons. The molecular weight excluding hydrogens is 152 g/mol. The average Bonchev–Trinajstić information content (AvgIpc) is 2.56. The van der Waals surface area contributed by atoms with Crippen LogP contribution in [0, 0.1) is 5.92 Å². The highest BCUT2D eigenvalue weighted by Gasteiger charge is 2.24. The fraction of sp³-hybridized carbons (Fsp3) is 1.00. The minimum Gasteiger partial charge on any atom is -0.330 e. The zero-order valence-electron chi connectivity index (χ0n) is 8.14. The van der Waals surface area contributed by atoms with E-state index in [9.17, 15) is 0 Å². The molecule has 2 unspecified atom stereocenters. The number of hydrazine groups is 1. The Morgan fingerprint density at radius 3 is 2.67 bits per heavy atom. The van der Waals surface area contributed by atoms with Crippen LogP contribution in [0.2, 0.25) is 0 Å². The molecule has 1 heterocycles. The van der Waals surface area contributed by atoms with Crippen molar-refractivity contribution in [1.29, 1.82) is 0 Å². The molecular formula is C8H22N4. The Hall–Kier alpha value is -0.160. The summed E-state index contributed by atoms with van der Waals surface area (Å²) in [5, 5.41) is 3.34. The van der Waals surface area contributed by atoms with Gasteiger partial charge in [-0.2, -0.15) is 0 Å². The molecule has 4 heteroatoms. The Bertz CT molecular complexity index is 97.1. The predicted octanol–water partition coefficient (Wildman–Crippen LogP) is -0.587. The molecule has 1 aliphatic heterocycles. The summed E-state index contributed by atoms with van der Waals surface area (Å²) in [7, 11) is 0. The van der Waals surface area contributed by atoms with Gasteiger partial charge in [-0.1, -0.05) is 13.8 Å². The first-order valence-electron chi connectivity index (χ1n) is 4.75. The number of hydrogen-bond acceptors (Lipinski definition) is 4.